The molecule has 2 N–H and O–H groups in total. The van der Waals surface area contributed by atoms with Gasteiger partial charge in [0, 0.05) is 29.9 Å². The van der Waals surface area contributed by atoms with E-state index < -0.39 is 6.10 Å². The number of piperidine rings is 1. The molecule has 1 aromatic heterocycles. The van der Waals surface area contributed by atoms with E-state index in [9.17, 15) is 9.90 Å². The van der Waals surface area contributed by atoms with Gasteiger partial charge in [0.2, 0.25) is 5.91 Å². The van der Waals surface area contributed by atoms with Crippen molar-refractivity contribution in [3.05, 3.63) is 28.9 Å². The van der Waals surface area contributed by atoms with Crippen LogP contribution >= 0.6 is 11.6 Å². The number of rotatable bonds is 5. The number of carbonyl (C=O) groups excluding carboxylic acids is 1. The summed E-state index contributed by atoms with van der Waals surface area (Å²) in [5.41, 5.74) is 1.33. The summed E-state index contributed by atoms with van der Waals surface area (Å²) in [5, 5.41) is 19.7. The predicted octanol–water partition coefficient (Wildman–Crippen LogP) is 4.31. The molecule has 1 atom stereocenters. The quantitative estimate of drug-likeness (QED) is 0.815. The zero-order valence-electron chi connectivity index (χ0n) is 15.8. The molecule has 0 saturated carbocycles. The fourth-order valence-corrected chi connectivity index (χ4v) is 4.36. The minimum absolute atomic E-state index is 0.249. The van der Waals surface area contributed by atoms with Gasteiger partial charge >= 0.3 is 0 Å². The molecule has 0 spiro atoms. The molecule has 1 aliphatic heterocycles. The molecule has 1 saturated heterocycles. The number of likely N-dealkylation sites (tertiary alicyclic amines) is 1. The van der Waals surface area contributed by atoms with Crippen molar-refractivity contribution >= 4 is 28.4 Å². The Morgan fingerprint density at radius 1 is 1.42 bits per heavy atom. The monoisotopic (exact) mass is 377 g/mol. The largest absolute Gasteiger partial charge is 0.388 e. The van der Waals surface area contributed by atoms with E-state index >= 15 is 0 Å². The van der Waals surface area contributed by atoms with Crippen LogP contribution in [0.25, 0.3) is 10.9 Å². The molecule has 1 unspecified atom stereocenters. The molecule has 1 aliphatic rings. The molecule has 142 valence electrons. The molecule has 0 aliphatic carbocycles. The van der Waals surface area contributed by atoms with E-state index in [1.807, 2.05) is 24.0 Å². The van der Waals surface area contributed by atoms with Crippen molar-refractivity contribution in [3.8, 4) is 0 Å². The third kappa shape index (κ3) is 3.60. The van der Waals surface area contributed by atoms with Crippen LogP contribution in [0.15, 0.2) is 18.3 Å². The Morgan fingerprint density at radius 2 is 2.12 bits per heavy atom. The number of benzene rings is 1. The summed E-state index contributed by atoms with van der Waals surface area (Å²) >= 11 is 6.24. The second kappa shape index (κ2) is 7.57. The number of hydrogen-bond acceptors (Lipinski definition) is 3. The maximum atomic E-state index is 12.1. The molecule has 0 bridgehead atoms. The first-order valence-corrected chi connectivity index (χ1v) is 9.80. The Balaban J connectivity index is 1.77. The number of fused-ring (bicyclic) bond motifs is 1. The lowest BCUT2D eigenvalue weighted by atomic mass is 9.68. The Morgan fingerprint density at radius 3 is 2.77 bits per heavy atom. The molecule has 1 aromatic carbocycles. The summed E-state index contributed by atoms with van der Waals surface area (Å²) in [6.07, 6.45) is 4.43. The summed E-state index contributed by atoms with van der Waals surface area (Å²) in [6, 6.07) is 3.66. The highest BCUT2D eigenvalue weighted by Gasteiger charge is 2.40. The number of nitrogens with zero attached hydrogens (tertiary/aromatic N) is 2. The lowest BCUT2D eigenvalue weighted by Crippen LogP contribution is -2.43. The van der Waals surface area contributed by atoms with Crippen molar-refractivity contribution < 1.29 is 9.90 Å². The van der Waals surface area contributed by atoms with E-state index in [1.165, 1.54) is 0 Å². The number of H-pyrrole nitrogens is 1. The normalized spacial score (nSPS) is 17.7. The van der Waals surface area contributed by atoms with E-state index in [4.69, 9.17) is 11.6 Å². The van der Waals surface area contributed by atoms with Gasteiger partial charge in [-0.25, -0.2) is 0 Å². The number of carbonyl (C=O) groups is 1. The van der Waals surface area contributed by atoms with Crippen LogP contribution in [0.4, 0.5) is 0 Å². The number of hydrogen-bond donors (Lipinski definition) is 2. The van der Waals surface area contributed by atoms with Gasteiger partial charge in [0.25, 0.3) is 0 Å². The first kappa shape index (κ1) is 19.2. The fourth-order valence-electron chi connectivity index (χ4n) is 4.14. The highest BCUT2D eigenvalue weighted by molar-refractivity contribution is 6.31. The highest BCUT2D eigenvalue weighted by Crippen LogP contribution is 2.46. The van der Waals surface area contributed by atoms with Crippen LogP contribution < -0.4 is 0 Å². The van der Waals surface area contributed by atoms with E-state index in [-0.39, 0.29) is 11.3 Å². The van der Waals surface area contributed by atoms with Crippen molar-refractivity contribution in [1.82, 2.24) is 15.1 Å². The summed E-state index contributed by atoms with van der Waals surface area (Å²) in [4.78, 5) is 14.1. The maximum Gasteiger partial charge on any atom is 0.222 e. The second-order valence-electron chi connectivity index (χ2n) is 7.96. The number of halogens is 1. The maximum absolute atomic E-state index is 12.1. The second-order valence-corrected chi connectivity index (χ2v) is 8.39. The topological polar surface area (TPSA) is 69.2 Å². The molecule has 6 heteroatoms. The van der Waals surface area contributed by atoms with Crippen LogP contribution in [0, 0.1) is 11.3 Å². The van der Waals surface area contributed by atoms with Gasteiger partial charge in [-0.15, -0.1) is 0 Å². The van der Waals surface area contributed by atoms with Crippen LogP contribution in [0.5, 0.6) is 0 Å². The zero-order valence-corrected chi connectivity index (χ0v) is 16.5. The summed E-state index contributed by atoms with van der Waals surface area (Å²) in [5.74, 6) is 0.586. The molecular formula is C20H28ClN3O2. The van der Waals surface area contributed by atoms with Crippen molar-refractivity contribution in [3.63, 3.8) is 0 Å². The Bertz CT molecular complexity index is 778. The molecule has 2 aromatic rings. The van der Waals surface area contributed by atoms with Crippen LogP contribution in [-0.4, -0.2) is 39.2 Å². The number of aliphatic hydroxyl groups excluding tert-OH is 1. The Hall–Kier alpha value is -1.59. The van der Waals surface area contributed by atoms with Crippen molar-refractivity contribution in [2.75, 3.05) is 13.1 Å². The van der Waals surface area contributed by atoms with Gasteiger partial charge in [0.1, 0.15) is 0 Å². The molecule has 0 radical (unpaired) electrons. The first-order valence-electron chi connectivity index (χ1n) is 9.43. The molecule has 2 heterocycles. The standard InChI is InChI=1S/C20H28ClN3O2/c1-4-5-18(25)24-8-6-13(7-9-24)20(2,3)19(26)15-10-14(21)11-17-16(15)12-22-23-17/h10-13,19,26H,4-9H2,1-3H3,(H,22,23). The minimum atomic E-state index is -0.649. The van der Waals surface area contributed by atoms with Gasteiger partial charge in [0.05, 0.1) is 17.8 Å². The molecule has 1 amide bonds. The predicted molar refractivity (Wildman–Crippen MR) is 104 cm³/mol. The number of aromatic amines is 1. The number of amides is 1. The number of aromatic nitrogens is 2. The molecule has 1 fully saturated rings. The van der Waals surface area contributed by atoms with E-state index in [0.29, 0.717) is 17.4 Å². The van der Waals surface area contributed by atoms with Crippen LogP contribution in [0.2, 0.25) is 5.02 Å². The minimum Gasteiger partial charge on any atom is -0.388 e. The Labute approximate surface area is 159 Å². The average molecular weight is 378 g/mol. The Kier molecular flexibility index (Phi) is 5.58. The fraction of sp³-hybridized carbons (Fsp3) is 0.600. The molecular weight excluding hydrogens is 350 g/mol. The molecule has 5 nitrogen and oxygen atoms in total. The van der Waals surface area contributed by atoms with Gasteiger partial charge in [-0.05, 0) is 48.3 Å². The third-order valence-electron chi connectivity index (χ3n) is 5.92. The average Bonchev–Trinajstić information content (AvgIpc) is 3.09. The highest BCUT2D eigenvalue weighted by atomic mass is 35.5. The van der Waals surface area contributed by atoms with Crippen molar-refractivity contribution in [2.24, 2.45) is 11.3 Å². The van der Waals surface area contributed by atoms with Crippen molar-refractivity contribution in [2.45, 2.75) is 52.6 Å². The van der Waals surface area contributed by atoms with Crippen molar-refractivity contribution in [1.29, 1.82) is 0 Å². The van der Waals surface area contributed by atoms with Gasteiger partial charge in [0.15, 0.2) is 0 Å². The smallest absolute Gasteiger partial charge is 0.222 e. The van der Waals surface area contributed by atoms with Gasteiger partial charge in [-0.3, -0.25) is 9.89 Å². The van der Waals surface area contributed by atoms with Crippen LogP contribution in [0.3, 0.4) is 0 Å². The first-order chi connectivity index (χ1) is 12.3. The zero-order chi connectivity index (χ0) is 18.9. The third-order valence-corrected chi connectivity index (χ3v) is 6.14. The lowest BCUT2D eigenvalue weighted by Gasteiger charge is -2.43. The van der Waals surface area contributed by atoms with Gasteiger partial charge in [-0.1, -0.05) is 32.4 Å². The summed E-state index contributed by atoms with van der Waals surface area (Å²) in [6.45, 7) is 7.80. The van der Waals surface area contributed by atoms with Gasteiger partial charge in [-0.2, -0.15) is 5.10 Å². The van der Waals surface area contributed by atoms with Crippen LogP contribution in [-0.2, 0) is 4.79 Å². The lowest BCUT2D eigenvalue weighted by molar-refractivity contribution is -0.133. The van der Waals surface area contributed by atoms with E-state index in [0.717, 1.165) is 48.8 Å². The van der Waals surface area contributed by atoms with E-state index in [2.05, 4.69) is 24.0 Å². The number of nitrogens with one attached hydrogen (secondary N) is 1. The number of aliphatic hydroxyl groups is 1. The molecule has 3 rings (SSSR count). The van der Waals surface area contributed by atoms with Gasteiger partial charge < -0.3 is 10.0 Å². The van der Waals surface area contributed by atoms with E-state index in [1.54, 1.807) is 6.20 Å². The molecule has 26 heavy (non-hydrogen) atoms. The summed E-state index contributed by atoms with van der Waals surface area (Å²) < 4.78 is 0. The summed E-state index contributed by atoms with van der Waals surface area (Å²) in [7, 11) is 0. The SMILES string of the molecule is CCCC(=O)N1CCC(C(C)(C)C(O)c2cc(Cl)cc3[nH]ncc23)CC1. The van der Waals surface area contributed by atoms with Crippen LogP contribution in [0.1, 0.15) is 58.1 Å².